The summed E-state index contributed by atoms with van der Waals surface area (Å²) in [6.07, 6.45) is 4.62. The first-order valence-electron chi connectivity index (χ1n) is 14.3. The summed E-state index contributed by atoms with van der Waals surface area (Å²) in [6, 6.07) is -1.28. The van der Waals surface area contributed by atoms with Crippen molar-refractivity contribution in [2.24, 2.45) is 17.8 Å². The Morgan fingerprint density at radius 2 is 1.71 bits per heavy atom. The van der Waals surface area contributed by atoms with Crippen molar-refractivity contribution in [1.29, 1.82) is 0 Å². The van der Waals surface area contributed by atoms with E-state index in [1.165, 1.54) is 0 Å². The lowest BCUT2D eigenvalue weighted by atomic mass is 9.96. The number of carbonyl (C=O) groups is 4. The fourth-order valence-corrected chi connectivity index (χ4v) is 5.75. The number of amides is 3. The van der Waals surface area contributed by atoms with E-state index in [9.17, 15) is 19.2 Å². The highest BCUT2D eigenvalue weighted by molar-refractivity contribution is 5.90. The summed E-state index contributed by atoms with van der Waals surface area (Å²) in [5.74, 6) is -0.458. The standard InChI is InChI=1S/C29H54N4O5/c1-11-13-23(24(38-10)17-25(35)33-15-12-14-22(33)16-21(6)18-34)32(9)29(37)26(19(2)3)30-28(36)27(20(4)5)31(7)8/h18-24,26-27H,11-17H2,1-10H3,(H,30,36). The van der Waals surface area contributed by atoms with Gasteiger partial charge in [-0.15, -0.1) is 0 Å². The quantitative estimate of drug-likeness (QED) is 0.303. The number of rotatable bonds is 16. The number of aldehydes is 1. The lowest BCUT2D eigenvalue weighted by Gasteiger charge is -2.38. The molecule has 6 unspecified atom stereocenters. The van der Waals surface area contributed by atoms with Crippen molar-refractivity contribution in [2.45, 2.75) is 110 Å². The first kappa shape index (κ1) is 34.0. The van der Waals surface area contributed by atoms with Crippen LogP contribution in [0.2, 0.25) is 0 Å². The second-order valence-electron chi connectivity index (χ2n) is 11.9. The van der Waals surface area contributed by atoms with Crippen molar-refractivity contribution in [3.05, 3.63) is 0 Å². The molecule has 1 heterocycles. The summed E-state index contributed by atoms with van der Waals surface area (Å²) in [5, 5.41) is 3.01. The van der Waals surface area contributed by atoms with Crippen LogP contribution in [0.15, 0.2) is 0 Å². The molecule has 38 heavy (non-hydrogen) atoms. The van der Waals surface area contributed by atoms with Crippen LogP contribution >= 0.6 is 0 Å². The van der Waals surface area contributed by atoms with E-state index in [0.717, 1.165) is 25.5 Å². The number of ether oxygens (including phenoxy) is 1. The van der Waals surface area contributed by atoms with Crippen molar-refractivity contribution < 1.29 is 23.9 Å². The summed E-state index contributed by atoms with van der Waals surface area (Å²) >= 11 is 0. The van der Waals surface area contributed by atoms with E-state index < -0.39 is 12.1 Å². The number of methoxy groups -OCH3 is 1. The van der Waals surface area contributed by atoms with Crippen LogP contribution in [0.3, 0.4) is 0 Å². The molecule has 1 N–H and O–H groups in total. The summed E-state index contributed by atoms with van der Waals surface area (Å²) in [6.45, 7) is 12.4. The van der Waals surface area contributed by atoms with Crippen molar-refractivity contribution in [2.75, 3.05) is 34.8 Å². The molecule has 1 saturated heterocycles. The number of likely N-dealkylation sites (N-methyl/N-ethyl adjacent to an activating group) is 2. The average molecular weight is 539 g/mol. The second kappa shape index (κ2) is 16.2. The largest absolute Gasteiger partial charge is 0.379 e. The first-order valence-corrected chi connectivity index (χ1v) is 14.3. The minimum Gasteiger partial charge on any atom is -0.379 e. The van der Waals surface area contributed by atoms with Crippen LogP contribution < -0.4 is 5.32 Å². The molecule has 9 nitrogen and oxygen atoms in total. The smallest absolute Gasteiger partial charge is 0.245 e. The summed E-state index contributed by atoms with van der Waals surface area (Å²) in [7, 11) is 7.06. The van der Waals surface area contributed by atoms with Crippen molar-refractivity contribution in [3.63, 3.8) is 0 Å². The Kier molecular flexibility index (Phi) is 14.5. The number of likely N-dealkylation sites (tertiary alicyclic amines) is 1. The minimum atomic E-state index is -0.686. The Bertz CT molecular complexity index is 764. The molecule has 3 amide bonds. The molecule has 1 rings (SSSR count). The fraction of sp³-hybridized carbons (Fsp3) is 0.862. The SMILES string of the molecule is CCCC(C(CC(=O)N1CCCC1CC(C)C=O)OC)N(C)C(=O)C(NC(=O)C(C(C)C)N(C)C)C(C)C. The van der Waals surface area contributed by atoms with E-state index in [1.807, 2.05) is 65.4 Å². The van der Waals surface area contributed by atoms with Crippen molar-refractivity contribution >= 4 is 24.0 Å². The summed E-state index contributed by atoms with van der Waals surface area (Å²) < 4.78 is 5.83. The Morgan fingerprint density at radius 1 is 1.08 bits per heavy atom. The maximum atomic E-state index is 13.8. The third-order valence-electron chi connectivity index (χ3n) is 7.80. The van der Waals surface area contributed by atoms with Crippen molar-refractivity contribution in [1.82, 2.24) is 20.0 Å². The average Bonchev–Trinajstić information content (AvgIpc) is 3.31. The van der Waals surface area contributed by atoms with Gasteiger partial charge in [0.05, 0.1) is 24.6 Å². The highest BCUT2D eigenvalue weighted by Crippen LogP contribution is 2.26. The van der Waals surface area contributed by atoms with Crippen LogP contribution in [-0.2, 0) is 23.9 Å². The molecule has 0 saturated carbocycles. The van der Waals surface area contributed by atoms with Gasteiger partial charge in [-0.05, 0) is 51.6 Å². The molecule has 9 heteroatoms. The van der Waals surface area contributed by atoms with Crippen LogP contribution in [0.1, 0.15) is 80.1 Å². The van der Waals surface area contributed by atoms with Gasteiger partial charge in [0.2, 0.25) is 17.7 Å². The molecule has 0 radical (unpaired) electrons. The number of nitrogens with one attached hydrogen (secondary N) is 1. The van der Waals surface area contributed by atoms with Gasteiger partial charge < -0.3 is 24.6 Å². The van der Waals surface area contributed by atoms with E-state index in [1.54, 1.807) is 19.1 Å². The Labute approximate surface area is 231 Å². The van der Waals surface area contributed by atoms with E-state index in [0.29, 0.717) is 19.4 Å². The number of carbonyl (C=O) groups excluding carboxylic acids is 4. The molecular weight excluding hydrogens is 484 g/mol. The van der Waals surface area contributed by atoms with Crippen LogP contribution in [0.5, 0.6) is 0 Å². The molecule has 0 aromatic carbocycles. The Hall–Kier alpha value is -2.00. The maximum absolute atomic E-state index is 13.8. The molecule has 0 aromatic heterocycles. The molecule has 220 valence electrons. The first-order chi connectivity index (χ1) is 17.8. The topological polar surface area (TPSA) is 99.3 Å². The highest BCUT2D eigenvalue weighted by Gasteiger charge is 2.38. The van der Waals surface area contributed by atoms with Crippen LogP contribution in [0.25, 0.3) is 0 Å². The highest BCUT2D eigenvalue weighted by atomic mass is 16.5. The molecule has 6 atom stereocenters. The van der Waals surface area contributed by atoms with Gasteiger partial charge in [0, 0.05) is 32.7 Å². The lowest BCUT2D eigenvalue weighted by Crippen LogP contribution is -2.58. The predicted molar refractivity (Wildman–Crippen MR) is 151 cm³/mol. The monoisotopic (exact) mass is 538 g/mol. The summed E-state index contributed by atoms with van der Waals surface area (Å²) in [5.41, 5.74) is 0. The molecule has 0 spiro atoms. The minimum absolute atomic E-state index is 0.00104. The van der Waals surface area contributed by atoms with Crippen LogP contribution in [0.4, 0.5) is 0 Å². The van der Waals surface area contributed by atoms with Crippen LogP contribution in [-0.4, -0.2) is 104 Å². The van der Waals surface area contributed by atoms with Crippen molar-refractivity contribution in [3.8, 4) is 0 Å². The van der Waals surface area contributed by atoms with Gasteiger partial charge in [0.1, 0.15) is 12.3 Å². The van der Waals surface area contributed by atoms with Gasteiger partial charge in [0.15, 0.2) is 0 Å². The normalized spacial score (nSPS) is 19.8. The van der Waals surface area contributed by atoms with Gasteiger partial charge in [0.25, 0.3) is 0 Å². The van der Waals surface area contributed by atoms with Gasteiger partial charge in [-0.3, -0.25) is 19.3 Å². The van der Waals surface area contributed by atoms with E-state index in [4.69, 9.17) is 4.74 Å². The molecular formula is C29H54N4O5. The lowest BCUT2D eigenvalue weighted by molar-refractivity contribution is -0.145. The zero-order chi connectivity index (χ0) is 29.2. The third kappa shape index (κ3) is 9.33. The zero-order valence-corrected chi connectivity index (χ0v) is 25.5. The van der Waals surface area contributed by atoms with Gasteiger partial charge >= 0.3 is 0 Å². The number of hydrogen-bond donors (Lipinski definition) is 1. The molecule has 0 aromatic rings. The molecule has 0 aliphatic carbocycles. The molecule has 0 bridgehead atoms. The number of nitrogens with zero attached hydrogens (tertiary/aromatic N) is 3. The van der Waals surface area contributed by atoms with Gasteiger partial charge in [-0.1, -0.05) is 48.0 Å². The Balaban J connectivity index is 3.08. The second-order valence-corrected chi connectivity index (χ2v) is 11.9. The molecule has 1 aliphatic rings. The zero-order valence-electron chi connectivity index (χ0n) is 25.5. The van der Waals surface area contributed by atoms with E-state index in [-0.39, 0.29) is 60.0 Å². The van der Waals surface area contributed by atoms with Gasteiger partial charge in [-0.2, -0.15) is 0 Å². The Morgan fingerprint density at radius 3 is 2.18 bits per heavy atom. The predicted octanol–water partition coefficient (Wildman–Crippen LogP) is 2.96. The molecule has 1 fully saturated rings. The van der Waals surface area contributed by atoms with E-state index in [2.05, 4.69) is 5.32 Å². The fourth-order valence-electron chi connectivity index (χ4n) is 5.75. The molecule has 1 aliphatic heterocycles. The van der Waals surface area contributed by atoms with E-state index >= 15 is 0 Å². The summed E-state index contributed by atoms with van der Waals surface area (Å²) in [4.78, 5) is 56.9. The third-order valence-corrected chi connectivity index (χ3v) is 7.80. The maximum Gasteiger partial charge on any atom is 0.245 e. The van der Waals surface area contributed by atoms with Gasteiger partial charge in [-0.25, -0.2) is 0 Å². The van der Waals surface area contributed by atoms with Crippen LogP contribution in [0, 0.1) is 17.8 Å². The number of hydrogen-bond acceptors (Lipinski definition) is 6.